The first-order valence-corrected chi connectivity index (χ1v) is 10.5. The molecule has 164 valence electrons. The molecule has 0 saturated heterocycles. The number of nitrogens with zero attached hydrogens (tertiary/aromatic N) is 1. The van der Waals surface area contributed by atoms with Crippen molar-refractivity contribution in [3.05, 3.63) is 64.2 Å². The fourth-order valence-corrected chi connectivity index (χ4v) is 3.07. The zero-order chi connectivity index (χ0) is 23.4. The summed E-state index contributed by atoms with van der Waals surface area (Å²) in [6.07, 6.45) is 3.97. The Morgan fingerprint density at radius 3 is 2.52 bits per heavy atom. The SMILES string of the molecule is C#Cc1cc(CNC(=O)/C=C\c2ccc(C(F)(F)F)nc2C)cc(F)c1NS(C)(=O)=O. The molecule has 0 unspecified atom stereocenters. The third kappa shape index (κ3) is 6.82. The number of hydrogen-bond donors (Lipinski definition) is 2. The van der Waals surface area contributed by atoms with E-state index in [1.807, 2.05) is 4.72 Å². The van der Waals surface area contributed by atoms with Gasteiger partial charge in [0.25, 0.3) is 0 Å². The highest BCUT2D eigenvalue weighted by atomic mass is 32.2. The van der Waals surface area contributed by atoms with Gasteiger partial charge in [-0.05, 0) is 42.3 Å². The highest BCUT2D eigenvalue weighted by molar-refractivity contribution is 7.92. The Labute approximate surface area is 176 Å². The molecule has 1 heterocycles. The van der Waals surface area contributed by atoms with Crippen LogP contribution in [0.2, 0.25) is 0 Å². The fraction of sp³-hybridized carbons (Fsp3) is 0.200. The number of aromatic nitrogens is 1. The minimum Gasteiger partial charge on any atom is -0.348 e. The van der Waals surface area contributed by atoms with Crippen LogP contribution in [0.5, 0.6) is 0 Å². The van der Waals surface area contributed by atoms with Gasteiger partial charge in [-0.1, -0.05) is 12.0 Å². The molecule has 0 fully saturated rings. The smallest absolute Gasteiger partial charge is 0.348 e. The van der Waals surface area contributed by atoms with E-state index < -0.39 is 33.6 Å². The van der Waals surface area contributed by atoms with Crippen LogP contribution in [0.25, 0.3) is 6.08 Å². The zero-order valence-corrected chi connectivity index (χ0v) is 17.2. The van der Waals surface area contributed by atoms with E-state index in [9.17, 15) is 30.8 Å². The highest BCUT2D eigenvalue weighted by Gasteiger charge is 2.32. The average Bonchev–Trinajstić information content (AvgIpc) is 2.65. The Balaban J connectivity index is 2.09. The van der Waals surface area contributed by atoms with Crippen molar-refractivity contribution in [2.75, 3.05) is 11.0 Å². The van der Waals surface area contributed by atoms with Crippen molar-refractivity contribution in [2.45, 2.75) is 19.6 Å². The van der Waals surface area contributed by atoms with Crippen molar-refractivity contribution in [3.63, 3.8) is 0 Å². The number of terminal acetylenes is 1. The lowest BCUT2D eigenvalue weighted by atomic mass is 10.1. The maximum absolute atomic E-state index is 14.2. The molecule has 0 atom stereocenters. The van der Waals surface area contributed by atoms with Crippen LogP contribution in [0.4, 0.5) is 23.2 Å². The van der Waals surface area contributed by atoms with Crippen molar-refractivity contribution in [1.82, 2.24) is 10.3 Å². The van der Waals surface area contributed by atoms with Gasteiger partial charge in [-0.25, -0.2) is 17.8 Å². The molecular weight excluding hydrogens is 438 g/mol. The number of aryl methyl sites for hydroxylation is 1. The molecule has 2 rings (SSSR count). The van der Waals surface area contributed by atoms with E-state index in [0.717, 1.165) is 24.5 Å². The van der Waals surface area contributed by atoms with Gasteiger partial charge >= 0.3 is 6.18 Å². The number of rotatable bonds is 6. The number of nitrogens with one attached hydrogen (secondary N) is 2. The van der Waals surface area contributed by atoms with Crippen molar-refractivity contribution < 1.29 is 30.8 Å². The molecule has 1 aromatic carbocycles. The first-order chi connectivity index (χ1) is 14.3. The molecule has 6 nitrogen and oxygen atoms in total. The number of benzene rings is 1. The van der Waals surface area contributed by atoms with Gasteiger partial charge in [0.15, 0.2) is 0 Å². The van der Waals surface area contributed by atoms with Crippen LogP contribution in [-0.2, 0) is 27.5 Å². The summed E-state index contributed by atoms with van der Waals surface area (Å²) < 4.78 is 76.8. The number of halogens is 4. The molecule has 0 spiro atoms. The predicted molar refractivity (Wildman–Crippen MR) is 108 cm³/mol. The highest BCUT2D eigenvalue weighted by Crippen LogP contribution is 2.28. The largest absolute Gasteiger partial charge is 0.433 e. The monoisotopic (exact) mass is 455 g/mol. The number of anilines is 1. The van der Waals surface area contributed by atoms with E-state index in [4.69, 9.17) is 6.42 Å². The molecule has 2 aromatic rings. The number of sulfonamides is 1. The second-order valence-electron chi connectivity index (χ2n) is 6.44. The molecule has 0 aliphatic carbocycles. The molecule has 0 aliphatic rings. The summed E-state index contributed by atoms with van der Waals surface area (Å²) in [4.78, 5) is 15.5. The normalized spacial score (nSPS) is 11.9. The second kappa shape index (κ2) is 9.18. The number of carbonyl (C=O) groups excluding carboxylic acids is 1. The first-order valence-electron chi connectivity index (χ1n) is 8.57. The summed E-state index contributed by atoms with van der Waals surface area (Å²) in [7, 11) is -3.75. The Morgan fingerprint density at radius 2 is 1.97 bits per heavy atom. The summed E-state index contributed by atoms with van der Waals surface area (Å²) in [6, 6.07) is 4.35. The van der Waals surface area contributed by atoms with Gasteiger partial charge < -0.3 is 5.32 Å². The minimum absolute atomic E-state index is 0.0448. The lowest BCUT2D eigenvalue weighted by Gasteiger charge is -2.11. The van der Waals surface area contributed by atoms with Gasteiger partial charge in [-0.3, -0.25) is 9.52 Å². The van der Waals surface area contributed by atoms with Crippen LogP contribution in [0.3, 0.4) is 0 Å². The third-order valence-electron chi connectivity index (χ3n) is 3.89. The number of alkyl halides is 3. The van der Waals surface area contributed by atoms with Crippen LogP contribution >= 0.6 is 0 Å². The number of pyridine rings is 1. The Kier molecular flexibility index (Phi) is 7.07. The Morgan fingerprint density at radius 1 is 1.29 bits per heavy atom. The van der Waals surface area contributed by atoms with E-state index in [2.05, 4.69) is 16.2 Å². The average molecular weight is 455 g/mol. The number of amides is 1. The van der Waals surface area contributed by atoms with E-state index in [1.165, 1.54) is 25.1 Å². The minimum atomic E-state index is -4.57. The van der Waals surface area contributed by atoms with Gasteiger partial charge in [-0.2, -0.15) is 13.2 Å². The lowest BCUT2D eigenvalue weighted by Crippen LogP contribution is -2.21. The molecule has 11 heteroatoms. The van der Waals surface area contributed by atoms with E-state index >= 15 is 0 Å². The molecule has 0 saturated carbocycles. The third-order valence-corrected chi connectivity index (χ3v) is 4.47. The van der Waals surface area contributed by atoms with E-state index in [0.29, 0.717) is 5.56 Å². The van der Waals surface area contributed by atoms with Gasteiger partial charge in [-0.15, -0.1) is 6.42 Å². The Bertz CT molecular complexity index is 1180. The molecule has 31 heavy (non-hydrogen) atoms. The maximum atomic E-state index is 14.2. The van der Waals surface area contributed by atoms with Crippen molar-refractivity contribution in [1.29, 1.82) is 0 Å². The van der Waals surface area contributed by atoms with Gasteiger partial charge in [0.2, 0.25) is 15.9 Å². The van der Waals surface area contributed by atoms with Crippen molar-refractivity contribution in [3.8, 4) is 12.3 Å². The first kappa shape index (κ1) is 23.9. The van der Waals surface area contributed by atoms with Crippen LogP contribution in [0.1, 0.15) is 28.1 Å². The molecule has 0 aliphatic heterocycles. The maximum Gasteiger partial charge on any atom is 0.433 e. The summed E-state index contributed by atoms with van der Waals surface area (Å²) in [5.41, 5.74) is -0.763. The van der Waals surface area contributed by atoms with E-state index in [-0.39, 0.29) is 29.1 Å². The summed E-state index contributed by atoms with van der Waals surface area (Å²) in [6.45, 7) is 1.25. The molecular formula is C20H17F4N3O3S. The molecule has 0 radical (unpaired) electrons. The van der Waals surface area contributed by atoms with Gasteiger partial charge in [0, 0.05) is 18.3 Å². The quantitative estimate of drug-likeness (QED) is 0.398. The van der Waals surface area contributed by atoms with Crippen LogP contribution in [-0.4, -0.2) is 25.6 Å². The number of carbonyl (C=O) groups is 1. The zero-order valence-electron chi connectivity index (χ0n) is 16.3. The molecule has 1 aromatic heterocycles. The van der Waals surface area contributed by atoms with Crippen LogP contribution < -0.4 is 10.0 Å². The van der Waals surface area contributed by atoms with Crippen LogP contribution in [0.15, 0.2) is 30.3 Å². The molecule has 1 amide bonds. The summed E-state index contributed by atoms with van der Waals surface area (Å²) in [5, 5.41) is 2.47. The number of hydrogen-bond acceptors (Lipinski definition) is 4. The molecule has 2 N–H and O–H groups in total. The van der Waals surface area contributed by atoms with Crippen molar-refractivity contribution >= 4 is 27.7 Å². The topological polar surface area (TPSA) is 88.2 Å². The standard InChI is InChI=1S/C20H17F4N3O3S/c1-4-14-9-13(10-16(21)19(14)27-31(3,29)30)11-25-18(28)8-6-15-5-7-17(20(22,23)24)26-12(15)2/h1,5-10,27H,11H2,2-3H3,(H,25,28)/b8-6-. The fourth-order valence-electron chi connectivity index (χ4n) is 2.49. The van der Waals surface area contributed by atoms with Gasteiger partial charge in [0.05, 0.1) is 17.5 Å². The predicted octanol–water partition coefficient (Wildman–Crippen LogP) is 3.23. The molecule has 0 bridgehead atoms. The van der Waals surface area contributed by atoms with Crippen LogP contribution in [0, 0.1) is 25.1 Å². The van der Waals surface area contributed by atoms with Crippen molar-refractivity contribution in [2.24, 2.45) is 0 Å². The summed E-state index contributed by atoms with van der Waals surface area (Å²) in [5.74, 6) is 0.667. The van der Waals surface area contributed by atoms with E-state index in [1.54, 1.807) is 0 Å². The lowest BCUT2D eigenvalue weighted by molar-refractivity contribution is -0.141. The Hall–Kier alpha value is -3.39. The summed E-state index contributed by atoms with van der Waals surface area (Å²) >= 11 is 0. The second-order valence-corrected chi connectivity index (χ2v) is 8.19. The van der Waals surface area contributed by atoms with Gasteiger partial charge in [0.1, 0.15) is 11.5 Å².